The van der Waals surface area contributed by atoms with Gasteiger partial charge >= 0.3 is 0 Å². The van der Waals surface area contributed by atoms with Crippen LogP contribution in [0.4, 0.5) is 0 Å². The zero-order chi connectivity index (χ0) is 22.4. The summed E-state index contributed by atoms with van der Waals surface area (Å²) in [5.74, 6) is -0.332. The first-order valence-electron chi connectivity index (χ1n) is 10.6. The summed E-state index contributed by atoms with van der Waals surface area (Å²) in [5, 5.41) is 17.4. The predicted molar refractivity (Wildman–Crippen MR) is 119 cm³/mol. The van der Waals surface area contributed by atoms with Gasteiger partial charge in [0.2, 0.25) is 5.91 Å². The molecule has 0 unspecified atom stereocenters. The van der Waals surface area contributed by atoms with Crippen molar-refractivity contribution in [2.75, 3.05) is 13.1 Å². The smallest absolute Gasteiger partial charge is 0.270 e. The molecule has 0 radical (unpaired) electrons. The van der Waals surface area contributed by atoms with E-state index in [2.05, 4.69) is 33.8 Å². The Kier molecular flexibility index (Phi) is 6.63. The van der Waals surface area contributed by atoms with Crippen LogP contribution in [0.25, 0.3) is 10.8 Å². The van der Waals surface area contributed by atoms with E-state index in [9.17, 15) is 9.59 Å². The fraction of sp³-hybridized carbons (Fsp3) is 0.292. The first kappa shape index (κ1) is 21.7. The lowest BCUT2D eigenvalue weighted by molar-refractivity contribution is -0.130. The minimum atomic E-state index is -0.722. The first-order chi connectivity index (χ1) is 15.6. The van der Waals surface area contributed by atoms with Crippen LogP contribution in [0.2, 0.25) is 0 Å². The monoisotopic (exact) mass is 434 g/mol. The van der Waals surface area contributed by atoms with Crippen LogP contribution in [0.15, 0.2) is 60.8 Å². The van der Waals surface area contributed by atoms with Gasteiger partial charge in [-0.1, -0.05) is 42.5 Å². The lowest BCUT2D eigenvalue weighted by Crippen LogP contribution is -2.56. The molecule has 0 saturated carbocycles. The normalized spacial score (nSPS) is 15.2. The molecule has 8 heteroatoms. The third kappa shape index (κ3) is 5.04. The average molecular weight is 434 g/mol. The molecular weight excluding hydrogens is 408 g/mol. The maximum Gasteiger partial charge on any atom is 0.270 e. The molecule has 32 heavy (non-hydrogen) atoms. The number of nitrogens with one attached hydrogen (secondary N) is 3. The highest BCUT2D eigenvalue weighted by molar-refractivity contribution is 5.93. The minimum Gasteiger partial charge on any atom is -0.487 e. The molecule has 3 aromatic rings. The van der Waals surface area contributed by atoms with Gasteiger partial charge in [0.05, 0.1) is 18.2 Å². The van der Waals surface area contributed by atoms with Gasteiger partial charge in [-0.15, -0.1) is 0 Å². The van der Waals surface area contributed by atoms with Crippen LogP contribution >= 0.6 is 0 Å². The van der Waals surface area contributed by atoms with Crippen molar-refractivity contribution in [3.8, 4) is 5.75 Å². The Bertz CT molecular complexity index is 1090. The zero-order valence-electron chi connectivity index (χ0n) is 17.6. The predicted octanol–water partition coefficient (Wildman–Crippen LogP) is 2.56. The maximum atomic E-state index is 12.8. The van der Waals surface area contributed by atoms with Crippen molar-refractivity contribution < 1.29 is 19.5 Å². The second-order valence-electron chi connectivity index (χ2n) is 8.00. The molecule has 1 aromatic heterocycles. The van der Waals surface area contributed by atoms with E-state index in [-0.39, 0.29) is 18.0 Å². The number of piperidine rings is 1. The van der Waals surface area contributed by atoms with Gasteiger partial charge in [-0.25, -0.2) is 10.5 Å². The van der Waals surface area contributed by atoms with E-state index < -0.39 is 11.4 Å². The van der Waals surface area contributed by atoms with E-state index in [1.807, 2.05) is 24.3 Å². The highest BCUT2D eigenvalue weighted by Crippen LogP contribution is 2.24. The highest BCUT2D eigenvalue weighted by Gasteiger charge is 2.36. The Morgan fingerprint density at radius 2 is 1.84 bits per heavy atom. The summed E-state index contributed by atoms with van der Waals surface area (Å²) in [4.78, 5) is 28.8. The molecule has 0 atom stereocenters. The number of benzene rings is 2. The van der Waals surface area contributed by atoms with Crippen molar-refractivity contribution in [2.24, 2.45) is 0 Å². The summed E-state index contributed by atoms with van der Waals surface area (Å²) in [7, 11) is 0. The Labute approximate surface area is 186 Å². The molecule has 8 nitrogen and oxygen atoms in total. The number of pyridine rings is 1. The van der Waals surface area contributed by atoms with Gasteiger partial charge in [-0.3, -0.25) is 14.8 Å². The summed E-state index contributed by atoms with van der Waals surface area (Å²) >= 11 is 0. The average Bonchev–Trinajstić information content (AvgIpc) is 2.83. The molecule has 0 spiro atoms. The van der Waals surface area contributed by atoms with Crippen molar-refractivity contribution >= 4 is 22.6 Å². The van der Waals surface area contributed by atoms with Gasteiger partial charge in [0.25, 0.3) is 5.91 Å². The lowest BCUT2D eigenvalue weighted by atomic mass is 9.84. The van der Waals surface area contributed by atoms with E-state index in [0.29, 0.717) is 38.3 Å². The van der Waals surface area contributed by atoms with Gasteiger partial charge in [0.1, 0.15) is 18.1 Å². The molecule has 1 aliphatic heterocycles. The SMILES string of the molecule is O=C(CC1(NC(=O)c2ccc(OCc3cccc4ccccc34)cn2)CCNCC1)NO. The van der Waals surface area contributed by atoms with Gasteiger partial charge < -0.3 is 15.4 Å². The molecule has 2 aromatic carbocycles. The van der Waals surface area contributed by atoms with Crippen LogP contribution in [-0.2, 0) is 11.4 Å². The van der Waals surface area contributed by atoms with Gasteiger partial charge in [-0.2, -0.15) is 0 Å². The molecule has 4 N–H and O–H groups in total. The molecule has 0 aliphatic carbocycles. The largest absolute Gasteiger partial charge is 0.487 e. The van der Waals surface area contributed by atoms with Crippen molar-refractivity contribution in [3.05, 3.63) is 72.1 Å². The fourth-order valence-corrected chi connectivity index (χ4v) is 4.08. The summed E-state index contributed by atoms with van der Waals surface area (Å²) in [6.45, 7) is 1.74. The fourth-order valence-electron chi connectivity index (χ4n) is 4.08. The number of amides is 2. The number of aromatic nitrogens is 1. The lowest BCUT2D eigenvalue weighted by Gasteiger charge is -2.37. The standard InChI is InChI=1S/C24H26N4O4/c29-22(28-31)14-24(10-12-25-13-11-24)27-23(30)21-9-8-19(15-26-21)32-16-18-6-3-5-17-4-1-2-7-20(17)18/h1-9,15,25,31H,10-14,16H2,(H,27,30)(H,28,29). The second-order valence-corrected chi connectivity index (χ2v) is 8.00. The van der Waals surface area contributed by atoms with E-state index in [1.54, 1.807) is 17.6 Å². The number of ether oxygens (including phenoxy) is 1. The van der Waals surface area contributed by atoms with Crippen molar-refractivity contribution in [2.45, 2.75) is 31.4 Å². The Morgan fingerprint density at radius 1 is 1.06 bits per heavy atom. The number of rotatable bonds is 7. The summed E-state index contributed by atoms with van der Waals surface area (Å²) < 4.78 is 5.89. The van der Waals surface area contributed by atoms with Crippen LogP contribution in [0.3, 0.4) is 0 Å². The van der Waals surface area contributed by atoms with E-state index in [4.69, 9.17) is 9.94 Å². The van der Waals surface area contributed by atoms with Crippen LogP contribution in [0.1, 0.15) is 35.3 Å². The highest BCUT2D eigenvalue weighted by atomic mass is 16.5. The molecule has 0 bridgehead atoms. The molecule has 1 fully saturated rings. The van der Waals surface area contributed by atoms with E-state index >= 15 is 0 Å². The quantitative estimate of drug-likeness (QED) is 0.336. The van der Waals surface area contributed by atoms with Gasteiger partial charge in [0, 0.05) is 0 Å². The molecular formula is C24H26N4O4. The molecule has 1 aliphatic rings. The third-order valence-electron chi connectivity index (χ3n) is 5.81. The van der Waals surface area contributed by atoms with Crippen molar-refractivity contribution in [1.82, 2.24) is 21.1 Å². The Morgan fingerprint density at radius 3 is 2.59 bits per heavy atom. The molecule has 2 heterocycles. The van der Waals surface area contributed by atoms with E-state index in [0.717, 1.165) is 16.3 Å². The molecule has 2 amide bonds. The number of hydroxylamine groups is 1. The molecule has 166 valence electrons. The van der Waals surface area contributed by atoms with Crippen LogP contribution in [0.5, 0.6) is 5.75 Å². The Hall–Kier alpha value is -3.49. The van der Waals surface area contributed by atoms with Crippen LogP contribution in [0, 0.1) is 0 Å². The van der Waals surface area contributed by atoms with Crippen LogP contribution in [-0.4, -0.2) is 40.6 Å². The summed E-state index contributed by atoms with van der Waals surface area (Å²) in [5.41, 5.74) is 2.24. The maximum absolute atomic E-state index is 12.8. The zero-order valence-corrected chi connectivity index (χ0v) is 17.6. The van der Waals surface area contributed by atoms with Crippen molar-refractivity contribution in [1.29, 1.82) is 0 Å². The Balaban J connectivity index is 1.41. The molecule has 1 saturated heterocycles. The molecule has 4 rings (SSSR count). The third-order valence-corrected chi connectivity index (χ3v) is 5.81. The summed E-state index contributed by atoms with van der Waals surface area (Å²) in [6.07, 6.45) is 2.69. The van der Waals surface area contributed by atoms with Crippen LogP contribution < -0.4 is 20.9 Å². The number of hydrogen-bond acceptors (Lipinski definition) is 6. The van der Waals surface area contributed by atoms with Gasteiger partial charge in [0.15, 0.2) is 0 Å². The topological polar surface area (TPSA) is 113 Å². The van der Waals surface area contributed by atoms with Crippen molar-refractivity contribution in [3.63, 3.8) is 0 Å². The van der Waals surface area contributed by atoms with E-state index in [1.165, 1.54) is 6.20 Å². The minimum absolute atomic E-state index is 0.00312. The van der Waals surface area contributed by atoms with Gasteiger partial charge in [-0.05, 0) is 54.4 Å². The number of carbonyl (C=O) groups is 2. The second kappa shape index (κ2) is 9.76. The number of nitrogens with zero attached hydrogens (tertiary/aromatic N) is 1. The number of carbonyl (C=O) groups excluding carboxylic acids is 2. The number of fused-ring (bicyclic) bond motifs is 1. The first-order valence-corrected chi connectivity index (χ1v) is 10.6. The summed E-state index contributed by atoms with van der Waals surface area (Å²) in [6, 6.07) is 17.5. The number of hydrogen-bond donors (Lipinski definition) is 4.